The number of amides is 2. The van der Waals surface area contributed by atoms with E-state index in [9.17, 15) is 4.79 Å². The minimum absolute atomic E-state index is 0.238. The topological polar surface area (TPSA) is 78.9 Å². The summed E-state index contributed by atoms with van der Waals surface area (Å²) in [4.78, 5) is 20.2. The Bertz CT molecular complexity index is 654. The van der Waals surface area contributed by atoms with Gasteiger partial charge in [-0.3, -0.25) is 5.32 Å². The van der Waals surface area contributed by atoms with Crippen molar-refractivity contribution in [3.63, 3.8) is 0 Å². The third-order valence-electron chi connectivity index (χ3n) is 2.81. The van der Waals surface area contributed by atoms with Gasteiger partial charge in [0.1, 0.15) is 18.0 Å². The number of halogens is 1. The third kappa shape index (κ3) is 4.33. The van der Waals surface area contributed by atoms with Crippen molar-refractivity contribution < 1.29 is 4.79 Å². The van der Waals surface area contributed by atoms with Crippen LogP contribution in [0.5, 0.6) is 0 Å². The highest BCUT2D eigenvalue weighted by Crippen LogP contribution is 2.25. The van der Waals surface area contributed by atoms with Crippen molar-refractivity contribution in [2.45, 2.75) is 26.8 Å². The van der Waals surface area contributed by atoms with Crippen LogP contribution in [0.1, 0.15) is 19.4 Å². The predicted octanol–water partition coefficient (Wildman–Crippen LogP) is 3.90. The molecule has 6 nitrogen and oxygen atoms in total. The minimum Gasteiger partial charge on any atom is -0.368 e. The summed E-state index contributed by atoms with van der Waals surface area (Å²) in [6.45, 7) is 5.88. The van der Waals surface area contributed by atoms with Crippen molar-refractivity contribution in [1.29, 1.82) is 0 Å². The van der Waals surface area contributed by atoms with Gasteiger partial charge in [0.15, 0.2) is 0 Å². The van der Waals surface area contributed by atoms with Crippen LogP contribution in [-0.2, 0) is 0 Å². The molecule has 0 aliphatic carbocycles. The quantitative estimate of drug-likeness (QED) is 0.798. The van der Waals surface area contributed by atoms with Crippen LogP contribution in [0, 0.1) is 6.92 Å². The van der Waals surface area contributed by atoms with Crippen LogP contribution in [-0.4, -0.2) is 22.0 Å². The van der Waals surface area contributed by atoms with Crippen LogP contribution in [0.2, 0.25) is 5.02 Å². The van der Waals surface area contributed by atoms with Crippen molar-refractivity contribution in [3.8, 4) is 0 Å². The summed E-state index contributed by atoms with van der Waals surface area (Å²) in [6.07, 6.45) is 1.39. The summed E-state index contributed by atoms with van der Waals surface area (Å²) in [5.74, 6) is 1.05. The van der Waals surface area contributed by atoms with Crippen LogP contribution in [0.25, 0.3) is 0 Å². The van der Waals surface area contributed by atoms with E-state index in [4.69, 9.17) is 11.6 Å². The van der Waals surface area contributed by atoms with Gasteiger partial charge in [0.05, 0.1) is 10.7 Å². The van der Waals surface area contributed by atoms with E-state index in [0.717, 1.165) is 5.56 Å². The van der Waals surface area contributed by atoms with Gasteiger partial charge in [0.25, 0.3) is 0 Å². The normalized spacial score (nSPS) is 10.4. The molecule has 0 spiro atoms. The van der Waals surface area contributed by atoms with Gasteiger partial charge in [-0.25, -0.2) is 14.8 Å². The molecule has 0 radical (unpaired) electrons. The Labute approximate surface area is 134 Å². The van der Waals surface area contributed by atoms with E-state index < -0.39 is 6.03 Å². The molecule has 0 saturated heterocycles. The van der Waals surface area contributed by atoms with Crippen molar-refractivity contribution in [2.75, 3.05) is 16.0 Å². The molecule has 7 heteroatoms. The maximum absolute atomic E-state index is 12.1. The molecule has 0 atom stereocenters. The van der Waals surface area contributed by atoms with Crippen molar-refractivity contribution in [3.05, 3.63) is 41.2 Å². The van der Waals surface area contributed by atoms with Crippen LogP contribution in [0.15, 0.2) is 30.6 Å². The summed E-state index contributed by atoms with van der Waals surface area (Å²) in [5.41, 5.74) is 1.46. The fraction of sp³-hybridized carbons (Fsp3) is 0.267. The third-order valence-corrected chi connectivity index (χ3v) is 3.12. The monoisotopic (exact) mass is 319 g/mol. The number of nitrogens with zero attached hydrogens (tertiary/aromatic N) is 2. The molecule has 0 aliphatic rings. The second kappa shape index (κ2) is 7.09. The van der Waals surface area contributed by atoms with E-state index in [-0.39, 0.29) is 6.04 Å². The summed E-state index contributed by atoms with van der Waals surface area (Å²) in [6, 6.07) is 6.91. The Balaban J connectivity index is 2.06. The van der Waals surface area contributed by atoms with Gasteiger partial charge in [-0.15, -0.1) is 0 Å². The molecule has 2 rings (SSSR count). The van der Waals surface area contributed by atoms with Crippen LogP contribution >= 0.6 is 11.6 Å². The average molecular weight is 320 g/mol. The first-order valence-electron chi connectivity index (χ1n) is 6.87. The number of hydrogen-bond acceptors (Lipinski definition) is 4. The Hall–Kier alpha value is -2.34. The smallest absolute Gasteiger partial charge is 0.324 e. The fourth-order valence-corrected chi connectivity index (χ4v) is 2.12. The summed E-state index contributed by atoms with van der Waals surface area (Å²) in [7, 11) is 0. The molecule has 0 unspecified atom stereocenters. The molecule has 22 heavy (non-hydrogen) atoms. The maximum Gasteiger partial charge on any atom is 0.324 e. The lowest BCUT2D eigenvalue weighted by Crippen LogP contribution is -2.21. The lowest BCUT2D eigenvalue weighted by Gasteiger charge is -2.12. The van der Waals surface area contributed by atoms with E-state index in [2.05, 4.69) is 25.9 Å². The number of rotatable bonds is 4. The zero-order valence-electron chi connectivity index (χ0n) is 12.6. The zero-order valence-corrected chi connectivity index (χ0v) is 13.4. The molecule has 0 saturated carbocycles. The second-order valence-corrected chi connectivity index (χ2v) is 5.51. The molecule has 1 aromatic heterocycles. The first-order valence-corrected chi connectivity index (χ1v) is 7.25. The number of hydrogen-bond donors (Lipinski definition) is 3. The van der Waals surface area contributed by atoms with Crippen molar-refractivity contribution in [1.82, 2.24) is 9.97 Å². The number of carbonyl (C=O) groups excluding carboxylic acids is 1. The molecule has 0 bridgehead atoms. The second-order valence-electron chi connectivity index (χ2n) is 5.10. The molecule has 0 fully saturated rings. The Morgan fingerprint density at radius 3 is 2.59 bits per heavy atom. The fourth-order valence-electron chi connectivity index (χ4n) is 1.85. The van der Waals surface area contributed by atoms with E-state index in [1.54, 1.807) is 12.1 Å². The number of aryl methyl sites for hydroxylation is 1. The molecular formula is C15H18ClN5O. The highest BCUT2D eigenvalue weighted by molar-refractivity contribution is 6.34. The van der Waals surface area contributed by atoms with E-state index in [1.165, 1.54) is 6.33 Å². The molecule has 0 aliphatic heterocycles. The number of para-hydroxylation sites is 1. The lowest BCUT2D eigenvalue weighted by atomic mass is 10.2. The van der Waals surface area contributed by atoms with Gasteiger partial charge in [-0.1, -0.05) is 23.7 Å². The number of urea groups is 1. The summed E-state index contributed by atoms with van der Waals surface area (Å²) in [5, 5.41) is 9.01. The summed E-state index contributed by atoms with van der Waals surface area (Å²) < 4.78 is 0. The van der Waals surface area contributed by atoms with Gasteiger partial charge in [-0.05, 0) is 32.4 Å². The SMILES string of the molecule is Cc1cccc(Cl)c1NC(=O)Nc1cc(NC(C)C)ncn1. The predicted molar refractivity (Wildman–Crippen MR) is 89.6 cm³/mol. The van der Waals surface area contributed by atoms with E-state index in [1.807, 2.05) is 32.9 Å². The number of aromatic nitrogens is 2. The largest absolute Gasteiger partial charge is 0.368 e. The van der Waals surface area contributed by atoms with E-state index >= 15 is 0 Å². The Morgan fingerprint density at radius 2 is 1.91 bits per heavy atom. The van der Waals surface area contributed by atoms with Gasteiger partial charge < -0.3 is 10.6 Å². The Morgan fingerprint density at radius 1 is 1.18 bits per heavy atom. The first kappa shape index (κ1) is 16.0. The highest BCUT2D eigenvalue weighted by Gasteiger charge is 2.09. The standard InChI is InChI=1S/C15H18ClN5O/c1-9(2)19-12-7-13(18-8-17-12)20-15(22)21-14-10(3)5-4-6-11(14)16/h4-9H,1-3H3,(H3,17,18,19,20,21,22). The van der Waals surface area contributed by atoms with Crippen LogP contribution in [0.3, 0.4) is 0 Å². The van der Waals surface area contributed by atoms with Gasteiger partial charge >= 0.3 is 6.03 Å². The average Bonchev–Trinajstić information content (AvgIpc) is 2.42. The first-order chi connectivity index (χ1) is 10.5. The Kier molecular flexibility index (Phi) is 5.16. The molecular weight excluding hydrogens is 302 g/mol. The summed E-state index contributed by atoms with van der Waals surface area (Å²) >= 11 is 6.08. The van der Waals surface area contributed by atoms with Crippen molar-refractivity contribution in [2.24, 2.45) is 0 Å². The molecule has 2 amide bonds. The lowest BCUT2D eigenvalue weighted by molar-refractivity contribution is 0.262. The molecule has 116 valence electrons. The maximum atomic E-state index is 12.1. The molecule has 3 N–H and O–H groups in total. The highest BCUT2D eigenvalue weighted by atomic mass is 35.5. The van der Waals surface area contributed by atoms with Gasteiger partial charge in [0, 0.05) is 12.1 Å². The number of carbonyl (C=O) groups is 1. The van der Waals surface area contributed by atoms with Crippen LogP contribution < -0.4 is 16.0 Å². The van der Waals surface area contributed by atoms with Gasteiger partial charge in [-0.2, -0.15) is 0 Å². The number of anilines is 3. The van der Waals surface area contributed by atoms with Crippen molar-refractivity contribution >= 4 is 35.0 Å². The van der Waals surface area contributed by atoms with E-state index in [0.29, 0.717) is 22.3 Å². The minimum atomic E-state index is -0.412. The molecule has 2 aromatic rings. The number of nitrogens with one attached hydrogen (secondary N) is 3. The van der Waals surface area contributed by atoms with Gasteiger partial charge in [0.2, 0.25) is 0 Å². The molecule has 1 heterocycles. The zero-order chi connectivity index (χ0) is 16.1. The van der Waals surface area contributed by atoms with Crippen LogP contribution in [0.4, 0.5) is 22.1 Å². The number of benzene rings is 1. The molecule has 1 aromatic carbocycles.